The molecule has 0 aliphatic rings. The van der Waals surface area contributed by atoms with Gasteiger partial charge < -0.3 is 4.57 Å². The molecular weight excluding hydrogens is 250 g/mol. The van der Waals surface area contributed by atoms with Crippen LogP contribution in [0.5, 0.6) is 0 Å². The van der Waals surface area contributed by atoms with Crippen molar-refractivity contribution < 1.29 is 8.78 Å². The van der Waals surface area contributed by atoms with Crippen molar-refractivity contribution in [3.63, 3.8) is 0 Å². The zero-order valence-corrected chi connectivity index (χ0v) is 9.98. The predicted molar refractivity (Wildman–Crippen MR) is 63.6 cm³/mol. The number of nitrogens with zero attached hydrogens (tertiary/aromatic N) is 4. The third-order valence-corrected chi connectivity index (χ3v) is 2.87. The van der Waals surface area contributed by atoms with Gasteiger partial charge in [0.15, 0.2) is 11.6 Å². The normalized spacial score (nSPS) is 12.0. The van der Waals surface area contributed by atoms with Crippen LogP contribution in [-0.2, 0) is 6.54 Å². The van der Waals surface area contributed by atoms with E-state index >= 15 is 0 Å². The molecule has 2 rings (SSSR count). The SMILES string of the molecule is N#CCC[C@H](C#N)Cn1cnc2cc(F)c(F)cc21. The summed E-state index contributed by atoms with van der Waals surface area (Å²) in [5.41, 5.74) is 0.784. The summed E-state index contributed by atoms with van der Waals surface area (Å²) in [6.07, 6.45) is 2.17. The first-order chi connectivity index (χ1) is 9.15. The van der Waals surface area contributed by atoms with E-state index in [2.05, 4.69) is 11.1 Å². The van der Waals surface area contributed by atoms with Gasteiger partial charge >= 0.3 is 0 Å². The van der Waals surface area contributed by atoms with E-state index in [4.69, 9.17) is 10.5 Å². The van der Waals surface area contributed by atoms with Crippen molar-refractivity contribution in [3.05, 3.63) is 30.1 Å². The van der Waals surface area contributed by atoms with Gasteiger partial charge in [0.25, 0.3) is 0 Å². The highest BCUT2D eigenvalue weighted by atomic mass is 19.2. The molecule has 96 valence electrons. The Balaban J connectivity index is 2.28. The number of hydrogen-bond acceptors (Lipinski definition) is 3. The molecule has 0 spiro atoms. The van der Waals surface area contributed by atoms with Crippen molar-refractivity contribution in [3.8, 4) is 12.1 Å². The van der Waals surface area contributed by atoms with Crippen molar-refractivity contribution in [1.82, 2.24) is 9.55 Å². The maximum atomic E-state index is 13.2. The lowest BCUT2D eigenvalue weighted by molar-refractivity contribution is 0.506. The van der Waals surface area contributed by atoms with Crippen LogP contribution in [0.1, 0.15) is 12.8 Å². The van der Waals surface area contributed by atoms with E-state index in [9.17, 15) is 8.78 Å². The number of halogens is 2. The number of nitriles is 2. The van der Waals surface area contributed by atoms with Gasteiger partial charge in [0.1, 0.15) is 0 Å². The van der Waals surface area contributed by atoms with Crippen molar-refractivity contribution in [2.75, 3.05) is 0 Å². The average molecular weight is 260 g/mol. The highest BCUT2D eigenvalue weighted by Crippen LogP contribution is 2.19. The maximum absolute atomic E-state index is 13.2. The Bertz CT molecular complexity index is 678. The Morgan fingerprint density at radius 2 is 2.00 bits per heavy atom. The van der Waals surface area contributed by atoms with Crippen molar-refractivity contribution >= 4 is 11.0 Å². The summed E-state index contributed by atoms with van der Waals surface area (Å²) in [4.78, 5) is 3.97. The molecule has 0 saturated heterocycles. The Morgan fingerprint density at radius 3 is 2.68 bits per heavy atom. The molecule has 1 aromatic heterocycles. The van der Waals surface area contributed by atoms with E-state index in [1.807, 2.05) is 6.07 Å². The van der Waals surface area contributed by atoms with Gasteiger partial charge in [0.05, 0.1) is 35.4 Å². The number of imidazole rings is 1. The number of benzene rings is 1. The van der Waals surface area contributed by atoms with E-state index in [0.29, 0.717) is 24.0 Å². The van der Waals surface area contributed by atoms with Crippen LogP contribution < -0.4 is 0 Å². The summed E-state index contributed by atoms with van der Waals surface area (Å²) in [7, 11) is 0. The maximum Gasteiger partial charge on any atom is 0.161 e. The fourth-order valence-electron chi connectivity index (χ4n) is 1.87. The van der Waals surface area contributed by atoms with Crippen LogP contribution in [0.4, 0.5) is 8.78 Å². The zero-order chi connectivity index (χ0) is 13.8. The first-order valence-corrected chi connectivity index (χ1v) is 5.72. The second-order valence-electron chi connectivity index (χ2n) is 4.17. The molecule has 0 saturated carbocycles. The molecule has 1 heterocycles. The monoisotopic (exact) mass is 260 g/mol. The summed E-state index contributed by atoms with van der Waals surface area (Å²) in [5, 5.41) is 17.5. The summed E-state index contributed by atoms with van der Waals surface area (Å²) in [5.74, 6) is -2.25. The summed E-state index contributed by atoms with van der Waals surface area (Å²) in [6.45, 7) is 0.305. The van der Waals surface area contributed by atoms with Crippen molar-refractivity contribution in [2.45, 2.75) is 19.4 Å². The first kappa shape index (κ1) is 13.0. The molecule has 0 fully saturated rings. The molecule has 1 atom stereocenters. The van der Waals surface area contributed by atoms with Gasteiger partial charge in [-0.25, -0.2) is 13.8 Å². The highest BCUT2D eigenvalue weighted by molar-refractivity contribution is 5.75. The molecule has 0 aliphatic carbocycles. The van der Waals surface area contributed by atoms with Crippen LogP contribution in [0.25, 0.3) is 11.0 Å². The van der Waals surface area contributed by atoms with E-state index < -0.39 is 11.6 Å². The molecule has 1 aromatic carbocycles. The van der Waals surface area contributed by atoms with E-state index in [1.165, 1.54) is 6.33 Å². The minimum atomic E-state index is -0.945. The van der Waals surface area contributed by atoms with Crippen LogP contribution in [0.2, 0.25) is 0 Å². The number of hydrogen-bond donors (Lipinski definition) is 0. The molecule has 0 bridgehead atoms. The largest absolute Gasteiger partial charge is 0.329 e. The van der Waals surface area contributed by atoms with Crippen molar-refractivity contribution in [2.24, 2.45) is 5.92 Å². The van der Waals surface area contributed by atoms with Gasteiger partial charge in [0.2, 0.25) is 0 Å². The van der Waals surface area contributed by atoms with Crippen LogP contribution in [0.3, 0.4) is 0 Å². The summed E-state index contributed by atoms with van der Waals surface area (Å²) in [6, 6.07) is 6.17. The molecule has 0 amide bonds. The van der Waals surface area contributed by atoms with Crippen molar-refractivity contribution in [1.29, 1.82) is 10.5 Å². The highest BCUT2D eigenvalue weighted by Gasteiger charge is 2.13. The van der Waals surface area contributed by atoms with Crippen LogP contribution in [-0.4, -0.2) is 9.55 Å². The van der Waals surface area contributed by atoms with E-state index in [-0.39, 0.29) is 12.3 Å². The third kappa shape index (κ3) is 2.69. The van der Waals surface area contributed by atoms with Gasteiger partial charge in [0, 0.05) is 25.1 Å². The second kappa shape index (κ2) is 5.45. The third-order valence-electron chi connectivity index (χ3n) is 2.87. The van der Waals surface area contributed by atoms with Gasteiger partial charge in [-0.2, -0.15) is 10.5 Å². The average Bonchev–Trinajstić information content (AvgIpc) is 2.77. The lowest BCUT2D eigenvalue weighted by Crippen LogP contribution is -2.08. The van der Waals surface area contributed by atoms with E-state index in [0.717, 1.165) is 12.1 Å². The van der Waals surface area contributed by atoms with Crippen LogP contribution >= 0.6 is 0 Å². The van der Waals surface area contributed by atoms with Gasteiger partial charge in [-0.1, -0.05) is 0 Å². The Kier molecular flexibility index (Phi) is 3.72. The Hall–Kier alpha value is -2.47. The number of rotatable bonds is 4. The second-order valence-corrected chi connectivity index (χ2v) is 4.17. The molecule has 0 unspecified atom stereocenters. The zero-order valence-electron chi connectivity index (χ0n) is 9.98. The minimum absolute atomic E-state index is 0.286. The summed E-state index contributed by atoms with van der Waals surface area (Å²) < 4.78 is 27.8. The Morgan fingerprint density at radius 1 is 1.26 bits per heavy atom. The number of aromatic nitrogens is 2. The van der Waals surface area contributed by atoms with Gasteiger partial charge in [-0.15, -0.1) is 0 Å². The Labute approximate surface area is 108 Å². The topological polar surface area (TPSA) is 65.4 Å². The standard InChI is InChI=1S/C13H10F2N4/c14-10-4-12-13(5-11(10)15)19(8-18-12)7-9(6-17)2-1-3-16/h4-5,8-9H,1-2,7H2/t9-/m1/s1. The molecular formula is C13H10F2N4. The smallest absolute Gasteiger partial charge is 0.161 e. The van der Waals surface area contributed by atoms with E-state index in [1.54, 1.807) is 4.57 Å². The first-order valence-electron chi connectivity index (χ1n) is 5.72. The predicted octanol–water partition coefficient (Wildman–Crippen LogP) is 2.76. The van der Waals surface area contributed by atoms with Crippen LogP contribution in [0, 0.1) is 40.2 Å². The fraction of sp³-hybridized carbons (Fsp3) is 0.308. The molecule has 0 radical (unpaired) electrons. The number of fused-ring (bicyclic) bond motifs is 1. The molecule has 0 N–H and O–H groups in total. The molecule has 6 heteroatoms. The molecule has 19 heavy (non-hydrogen) atoms. The quantitative estimate of drug-likeness (QED) is 0.848. The molecule has 4 nitrogen and oxygen atoms in total. The van der Waals surface area contributed by atoms with Crippen LogP contribution in [0.15, 0.2) is 18.5 Å². The minimum Gasteiger partial charge on any atom is -0.329 e. The lowest BCUT2D eigenvalue weighted by atomic mass is 10.1. The van der Waals surface area contributed by atoms with Gasteiger partial charge in [-0.05, 0) is 6.42 Å². The molecule has 0 aliphatic heterocycles. The fourth-order valence-corrected chi connectivity index (χ4v) is 1.87. The molecule has 2 aromatic rings. The lowest BCUT2D eigenvalue weighted by Gasteiger charge is -2.08. The summed E-state index contributed by atoms with van der Waals surface area (Å²) >= 11 is 0. The van der Waals surface area contributed by atoms with Gasteiger partial charge in [-0.3, -0.25) is 0 Å².